The third kappa shape index (κ3) is 4.70. The van der Waals surface area contributed by atoms with Crippen LogP contribution < -0.4 is 5.32 Å². The summed E-state index contributed by atoms with van der Waals surface area (Å²) in [5, 5.41) is 6.07. The molecular formula is C21H15Cl2N3O2S2. The Kier molecular flexibility index (Phi) is 6.15. The van der Waals surface area contributed by atoms with E-state index >= 15 is 0 Å². The summed E-state index contributed by atoms with van der Waals surface area (Å²) in [5.74, 6) is -0.673. The predicted octanol–water partition coefficient (Wildman–Crippen LogP) is 6.23. The molecule has 4 rings (SSSR count). The number of aromatic nitrogens is 2. The van der Waals surface area contributed by atoms with E-state index in [1.54, 1.807) is 36.0 Å². The summed E-state index contributed by atoms with van der Waals surface area (Å²) < 4.78 is 0.896. The third-order valence-electron chi connectivity index (χ3n) is 4.54. The van der Waals surface area contributed by atoms with Crippen molar-refractivity contribution in [1.82, 2.24) is 9.97 Å². The van der Waals surface area contributed by atoms with Gasteiger partial charge in [-0.05, 0) is 48.4 Å². The molecule has 0 bridgehead atoms. The summed E-state index contributed by atoms with van der Waals surface area (Å²) in [6.07, 6.45) is 0.270. The summed E-state index contributed by atoms with van der Waals surface area (Å²) >= 11 is 14.8. The summed E-state index contributed by atoms with van der Waals surface area (Å²) in [7, 11) is 0. The average molecular weight is 476 g/mol. The normalized spacial score (nSPS) is 12.1. The van der Waals surface area contributed by atoms with Crippen LogP contribution in [0.5, 0.6) is 0 Å². The molecule has 1 unspecified atom stereocenters. The fraction of sp³-hybridized carbons (Fsp3) is 0.143. The Morgan fingerprint density at radius 3 is 2.60 bits per heavy atom. The summed E-state index contributed by atoms with van der Waals surface area (Å²) in [5.41, 5.74) is 4.50. The van der Waals surface area contributed by atoms with Crippen LogP contribution in [0.2, 0.25) is 10.0 Å². The van der Waals surface area contributed by atoms with Gasteiger partial charge in [0.25, 0.3) is 0 Å². The van der Waals surface area contributed by atoms with E-state index in [0.29, 0.717) is 20.9 Å². The molecule has 1 atom stereocenters. The van der Waals surface area contributed by atoms with Gasteiger partial charge in [-0.15, -0.1) is 11.3 Å². The van der Waals surface area contributed by atoms with Crippen molar-refractivity contribution in [3.05, 3.63) is 74.2 Å². The highest BCUT2D eigenvalue weighted by Crippen LogP contribution is 2.29. The number of nitrogens with one attached hydrogen (secondary N) is 1. The molecule has 1 amide bonds. The molecule has 4 aromatic rings. The van der Waals surface area contributed by atoms with Gasteiger partial charge >= 0.3 is 0 Å². The fourth-order valence-corrected chi connectivity index (χ4v) is 4.98. The van der Waals surface area contributed by atoms with Crippen LogP contribution in [0, 0.1) is 0 Å². The third-order valence-corrected chi connectivity index (χ3v) is 6.50. The smallest absolute Gasteiger partial charge is 0.233 e. The zero-order chi connectivity index (χ0) is 21.3. The maximum atomic E-state index is 12.7. The molecule has 0 saturated carbocycles. The number of carbonyl (C=O) groups is 2. The Hall–Kier alpha value is -2.32. The molecule has 2 aromatic heterocycles. The lowest BCUT2D eigenvalue weighted by molar-refractivity contribution is -0.117. The van der Waals surface area contributed by atoms with Crippen molar-refractivity contribution >= 4 is 72.9 Å². The SMILES string of the molecule is CC(C(=O)Nc1nc2ccc(CC(=O)c3cscn3)cc2s1)c1cc(Cl)cc(Cl)c1. The lowest BCUT2D eigenvalue weighted by Gasteiger charge is -2.11. The predicted molar refractivity (Wildman–Crippen MR) is 123 cm³/mol. The van der Waals surface area contributed by atoms with Crippen molar-refractivity contribution in [2.45, 2.75) is 19.3 Å². The van der Waals surface area contributed by atoms with E-state index in [1.165, 1.54) is 22.7 Å². The number of Topliss-reactive ketones (excluding diaryl/α,β-unsaturated/α-hetero) is 1. The monoisotopic (exact) mass is 475 g/mol. The molecule has 2 aromatic carbocycles. The van der Waals surface area contributed by atoms with Gasteiger partial charge in [0, 0.05) is 21.8 Å². The minimum atomic E-state index is -0.445. The highest BCUT2D eigenvalue weighted by Gasteiger charge is 2.18. The van der Waals surface area contributed by atoms with Crippen LogP contribution in [0.3, 0.4) is 0 Å². The topological polar surface area (TPSA) is 72.0 Å². The first-order valence-electron chi connectivity index (χ1n) is 8.97. The van der Waals surface area contributed by atoms with E-state index in [9.17, 15) is 9.59 Å². The molecule has 152 valence electrons. The molecule has 0 saturated heterocycles. The number of anilines is 1. The average Bonchev–Trinajstić information content (AvgIpc) is 3.35. The second-order valence-corrected chi connectivity index (χ2v) is 9.33. The highest BCUT2D eigenvalue weighted by atomic mass is 35.5. The number of amides is 1. The number of nitrogens with zero attached hydrogens (tertiary/aromatic N) is 2. The number of halogens is 2. The maximum Gasteiger partial charge on any atom is 0.233 e. The molecule has 0 aliphatic carbocycles. The van der Waals surface area contributed by atoms with Crippen molar-refractivity contribution in [3.8, 4) is 0 Å². The molecule has 0 aliphatic heterocycles. The molecular weight excluding hydrogens is 461 g/mol. The second kappa shape index (κ2) is 8.81. The molecule has 30 heavy (non-hydrogen) atoms. The minimum absolute atomic E-state index is 0.0253. The number of fused-ring (bicyclic) bond motifs is 1. The van der Waals surface area contributed by atoms with E-state index in [-0.39, 0.29) is 18.1 Å². The van der Waals surface area contributed by atoms with Crippen LogP contribution in [0.15, 0.2) is 47.3 Å². The number of ketones is 1. The zero-order valence-corrected chi connectivity index (χ0v) is 18.8. The van der Waals surface area contributed by atoms with E-state index in [4.69, 9.17) is 23.2 Å². The van der Waals surface area contributed by atoms with Gasteiger partial charge in [0.2, 0.25) is 5.91 Å². The van der Waals surface area contributed by atoms with E-state index in [2.05, 4.69) is 15.3 Å². The first-order valence-corrected chi connectivity index (χ1v) is 11.5. The minimum Gasteiger partial charge on any atom is -0.301 e. The number of hydrogen-bond donors (Lipinski definition) is 1. The van der Waals surface area contributed by atoms with Crippen molar-refractivity contribution in [1.29, 1.82) is 0 Å². The first kappa shape index (κ1) is 20.9. The Labute approximate surface area is 190 Å². The van der Waals surface area contributed by atoms with Gasteiger partial charge in [-0.25, -0.2) is 9.97 Å². The lowest BCUT2D eigenvalue weighted by atomic mass is 10.0. The zero-order valence-electron chi connectivity index (χ0n) is 15.7. The van der Waals surface area contributed by atoms with Crippen LogP contribution in [0.1, 0.15) is 34.5 Å². The summed E-state index contributed by atoms with van der Waals surface area (Å²) in [6, 6.07) is 10.7. The van der Waals surface area contributed by atoms with E-state index in [1.807, 2.05) is 18.2 Å². The Balaban J connectivity index is 1.49. The lowest BCUT2D eigenvalue weighted by Crippen LogP contribution is -2.18. The van der Waals surface area contributed by atoms with Gasteiger partial charge in [-0.3, -0.25) is 9.59 Å². The molecule has 5 nitrogen and oxygen atoms in total. The van der Waals surface area contributed by atoms with Crippen LogP contribution in [-0.4, -0.2) is 21.7 Å². The molecule has 1 N–H and O–H groups in total. The summed E-state index contributed by atoms with van der Waals surface area (Å²) in [4.78, 5) is 33.5. The van der Waals surface area contributed by atoms with Gasteiger partial charge in [0.15, 0.2) is 10.9 Å². The van der Waals surface area contributed by atoms with Crippen LogP contribution >= 0.6 is 45.9 Å². The Morgan fingerprint density at radius 1 is 1.13 bits per heavy atom. The molecule has 0 fully saturated rings. The number of rotatable bonds is 6. The van der Waals surface area contributed by atoms with Crippen molar-refractivity contribution in [2.75, 3.05) is 5.32 Å². The van der Waals surface area contributed by atoms with E-state index < -0.39 is 5.92 Å². The largest absolute Gasteiger partial charge is 0.301 e. The van der Waals surface area contributed by atoms with Crippen molar-refractivity contribution < 1.29 is 9.59 Å². The number of benzene rings is 2. The molecule has 0 spiro atoms. The van der Waals surface area contributed by atoms with Crippen molar-refractivity contribution in [2.24, 2.45) is 0 Å². The number of hydrogen-bond acceptors (Lipinski definition) is 6. The van der Waals surface area contributed by atoms with Gasteiger partial charge in [0.05, 0.1) is 21.6 Å². The maximum absolute atomic E-state index is 12.7. The Morgan fingerprint density at radius 2 is 1.90 bits per heavy atom. The Bertz CT molecular complexity index is 1220. The molecule has 0 aliphatic rings. The van der Waals surface area contributed by atoms with Gasteiger partial charge in [-0.2, -0.15) is 0 Å². The van der Waals surface area contributed by atoms with Gasteiger partial charge in [0.1, 0.15) is 5.69 Å². The number of carbonyl (C=O) groups excluding carboxylic acids is 2. The van der Waals surface area contributed by atoms with Crippen LogP contribution in [0.25, 0.3) is 10.2 Å². The van der Waals surface area contributed by atoms with Gasteiger partial charge < -0.3 is 5.32 Å². The highest BCUT2D eigenvalue weighted by molar-refractivity contribution is 7.22. The molecule has 9 heteroatoms. The number of thiazole rings is 2. The molecule has 2 heterocycles. The fourth-order valence-electron chi connectivity index (χ4n) is 2.95. The second-order valence-electron chi connectivity index (χ2n) is 6.71. The first-order chi connectivity index (χ1) is 14.4. The van der Waals surface area contributed by atoms with Crippen molar-refractivity contribution in [3.63, 3.8) is 0 Å². The van der Waals surface area contributed by atoms with Crippen LogP contribution in [-0.2, 0) is 11.2 Å². The van der Waals surface area contributed by atoms with E-state index in [0.717, 1.165) is 21.3 Å². The van der Waals surface area contributed by atoms with Crippen LogP contribution in [0.4, 0.5) is 5.13 Å². The standard InChI is InChI=1S/C21H15Cl2N3O2S2/c1-11(13-6-14(22)8-15(23)7-13)20(28)26-21-25-16-3-2-12(5-19(16)30-21)4-18(27)17-9-29-10-24-17/h2-3,5-11H,4H2,1H3,(H,25,26,28). The van der Waals surface area contributed by atoms with Gasteiger partial charge in [-0.1, -0.05) is 40.6 Å². The molecule has 0 radical (unpaired) electrons. The quantitative estimate of drug-likeness (QED) is 0.335. The summed E-state index contributed by atoms with van der Waals surface area (Å²) in [6.45, 7) is 1.78.